The smallest absolute Gasteiger partial charge is 0.163 e. The molecule has 0 fully saturated rings. The van der Waals surface area contributed by atoms with Crippen molar-refractivity contribution in [2.45, 2.75) is 39.7 Å². The van der Waals surface area contributed by atoms with Gasteiger partial charge in [0.25, 0.3) is 0 Å². The summed E-state index contributed by atoms with van der Waals surface area (Å²) in [7, 11) is 0. The highest BCUT2D eigenvalue weighted by atomic mass is 35.5. The van der Waals surface area contributed by atoms with Crippen LogP contribution >= 0.6 is 11.6 Å². The van der Waals surface area contributed by atoms with E-state index < -0.39 is 6.04 Å². The number of Topliss-reactive ketones (excluding diaryl/α,β-unsaturated/α-hetero) is 1. The van der Waals surface area contributed by atoms with Crippen molar-refractivity contribution in [3.63, 3.8) is 0 Å². The Morgan fingerprint density at radius 1 is 1.10 bits per heavy atom. The Balaban J connectivity index is 1.74. The molecule has 6 heteroatoms. The molecule has 3 aromatic rings. The molecular formula is C25H23ClFN3O. The zero-order valence-corrected chi connectivity index (χ0v) is 18.4. The van der Waals surface area contributed by atoms with Crippen LogP contribution in [0.4, 0.5) is 10.2 Å². The third kappa shape index (κ3) is 3.37. The lowest BCUT2D eigenvalue weighted by Gasteiger charge is -2.39. The number of benzene rings is 2. The SMILES string of the molecule is Cc1nn2c(c1-c1ccc(Cl)cc1)NC1=C(C(=O)CC(C)(C)C1)C2c1ccc(F)cc1. The van der Waals surface area contributed by atoms with Crippen LogP contribution in [-0.2, 0) is 4.79 Å². The minimum absolute atomic E-state index is 0.111. The Hall–Kier alpha value is -2.92. The summed E-state index contributed by atoms with van der Waals surface area (Å²) in [6, 6.07) is 13.6. The summed E-state index contributed by atoms with van der Waals surface area (Å²) < 4.78 is 15.5. The van der Waals surface area contributed by atoms with Crippen molar-refractivity contribution in [1.29, 1.82) is 0 Å². The fourth-order valence-electron chi connectivity index (χ4n) is 4.80. The van der Waals surface area contributed by atoms with Crippen molar-refractivity contribution in [3.05, 3.63) is 81.9 Å². The standard InChI is InChI=1S/C25H23ClFN3O/c1-14-21(15-4-8-17(26)9-5-15)24-28-19-12-25(2,3)13-20(31)22(19)23(30(24)29-14)16-6-10-18(27)11-7-16/h4-11,23,28H,12-13H2,1-3H3. The summed E-state index contributed by atoms with van der Waals surface area (Å²) in [6.07, 6.45) is 1.24. The molecule has 5 rings (SSSR count). The van der Waals surface area contributed by atoms with Gasteiger partial charge in [0.1, 0.15) is 17.7 Å². The number of hydrogen-bond acceptors (Lipinski definition) is 3. The number of nitrogens with one attached hydrogen (secondary N) is 1. The number of hydrogen-bond donors (Lipinski definition) is 1. The van der Waals surface area contributed by atoms with E-state index in [2.05, 4.69) is 19.2 Å². The average Bonchev–Trinajstić information content (AvgIpc) is 3.02. The van der Waals surface area contributed by atoms with Crippen LogP contribution in [0.2, 0.25) is 5.02 Å². The van der Waals surface area contributed by atoms with E-state index in [1.807, 2.05) is 35.9 Å². The molecule has 0 spiro atoms. The number of fused-ring (bicyclic) bond motifs is 1. The van der Waals surface area contributed by atoms with Crippen LogP contribution < -0.4 is 5.32 Å². The van der Waals surface area contributed by atoms with Gasteiger partial charge in [0.15, 0.2) is 5.78 Å². The van der Waals surface area contributed by atoms with E-state index in [1.165, 1.54) is 12.1 Å². The summed E-state index contributed by atoms with van der Waals surface area (Å²) in [4.78, 5) is 13.3. The highest BCUT2D eigenvalue weighted by Crippen LogP contribution is 2.48. The molecule has 1 atom stereocenters. The number of aromatic nitrogens is 2. The number of rotatable bonds is 2. The van der Waals surface area contributed by atoms with Crippen LogP contribution in [0, 0.1) is 18.2 Å². The molecule has 158 valence electrons. The molecule has 2 aliphatic rings. The van der Waals surface area contributed by atoms with Gasteiger partial charge in [0.2, 0.25) is 0 Å². The number of anilines is 1. The number of halogens is 2. The third-order valence-electron chi connectivity index (χ3n) is 6.11. The second-order valence-electron chi connectivity index (χ2n) is 9.17. The second-order valence-corrected chi connectivity index (χ2v) is 9.61. The van der Waals surface area contributed by atoms with E-state index in [1.54, 1.807) is 12.1 Å². The summed E-state index contributed by atoms with van der Waals surface area (Å²) in [5, 5.41) is 9.05. The van der Waals surface area contributed by atoms with E-state index in [9.17, 15) is 9.18 Å². The van der Waals surface area contributed by atoms with Crippen molar-refractivity contribution in [2.75, 3.05) is 5.32 Å². The lowest BCUT2D eigenvalue weighted by Crippen LogP contribution is -2.36. The molecule has 0 saturated heterocycles. The van der Waals surface area contributed by atoms with E-state index >= 15 is 0 Å². The maximum atomic E-state index is 13.7. The van der Waals surface area contributed by atoms with Gasteiger partial charge in [-0.2, -0.15) is 5.10 Å². The molecule has 4 nitrogen and oxygen atoms in total. The molecule has 0 saturated carbocycles. The summed E-state index contributed by atoms with van der Waals surface area (Å²) >= 11 is 6.10. The van der Waals surface area contributed by atoms with Crippen LogP contribution in [0.25, 0.3) is 11.1 Å². The highest BCUT2D eigenvalue weighted by Gasteiger charge is 2.42. The van der Waals surface area contributed by atoms with E-state index in [0.717, 1.165) is 45.9 Å². The van der Waals surface area contributed by atoms with Gasteiger partial charge in [0.05, 0.1) is 5.69 Å². The molecule has 2 aromatic carbocycles. The predicted molar refractivity (Wildman–Crippen MR) is 121 cm³/mol. The third-order valence-corrected chi connectivity index (χ3v) is 6.36. The topological polar surface area (TPSA) is 46.9 Å². The van der Waals surface area contributed by atoms with Gasteiger partial charge in [-0.15, -0.1) is 0 Å². The predicted octanol–water partition coefficient (Wildman–Crippen LogP) is 6.31. The van der Waals surface area contributed by atoms with Gasteiger partial charge < -0.3 is 5.32 Å². The molecule has 1 aliphatic heterocycles. The first-order chi connectivity index (χ1) is 14.7. The van der Waals surface area contributed by atoms with Gasteiger partial charge in [-0.05, 0) is 54.2 Å². The number of carbonyl (C=O) groups is 1. The Morgan fingerprint density at radius 3 is 2.45 bits per heavy atom. The van der Waals surface area contributed by atoms with Crippen molar-refractivity contribution in [1.82, 2.24) is 9.78 Å². The minimum atomic E-state index is -0.393. The molecule has 1 aliphatic carbocycles. The van der Waals surface area contributed by atoms with Crippen LogP contribution in [-0.4, -0.2) is 15.6 Å². The molecule has 0 amide bonds. The van der Waals surface area contributed by atoms with Gasteiger partial charge >= 0.3 is 0 Å². The first-order valence-electron chi connectivity index (χ1n) is 10.4. The molecule has 1 N–H and O–H groups in total. The number of allylic oxidation sites excluding steroid dienone is 2. The second kappa shape index (κ2) is 7.06. The number of aryl methyl sites for hydroxylation is 1. The molecule has 0 radical (unpaired) electrons. The number of ketones is 1. The molecule has 31 heavy (non-hydrogen) atoms. The van der Waals surface area contributed by atoms with E-state index in [0.29, 0.717) is 11.4 Å². The Labute approximate surface area is 185 Å². The number of carbonyl (C=O) groups excluding carboxylic acids is 1. The van der Waals surface area contributed by atoms with Crippen LogP contribution in [0.3, 0.4) is 0 Å². The van der Waals surface area contributed by atoms with Crippen molar-refractivity contribution >= 4 is 23.2 Å². The average molecular weight is 436 g/mol. The lowest BCUT2D eigenvalue weighted by molar-refractivity contribution is -0.118. The molecular weight excluding hydrogens is 413 g/mol. The van der Waals surface area contributed by atoms with E-state index in [4.69, 9.17) is 16.7 Å². The van der Waals surface area contributed by atoms with Gasteiger partial charge in [0, 0.05) is 28.3 Å². The lowest BCUT2D eigenvalue weighted by atomic mass is 9.73. The quantitative estimate of drug-likeness (QED) is 0.513. The van der Waals surface area contributed by atoms with Crippen molar-refractivity contribution < 1.29 is 9.18 Å². The Kier molecular flexibility index (Phi) is 4.56. The normalized spacial score (nSPS) is 19.6. The molecule has 1 aromatic heterocycles. The van der Waals surface area contributed by atoms with Gasteiger partial charge in [-0.1, -0.05) is 49.7 Å². The van der Waals surface area contributed by atoms with Gasteiger partial charge in [-0.25, -0.2) is 9.07 Å². The Morgan fingerprint density at radius 2 is 1.77 bits per heavy atom. The fraction of sp³-hybridized carbons (Fsp3) is 0.280. The maximum Gasteiger partial charge on any atom is 0.163 e. The highest BCUT2D eigenvalue weighted by molar-refractivity contribution is 6.30. The molecule has 1 unspecified atom stereocenters. The first kappa shape index (κ1) is 20.0. The monoisotopic (exact) mass is 435 g/mol. The molecule has 2 heterocycles. The fourth-order valence-corrected chi connectivity index (χ4v) is 4.92. The van der Waals surface area contributed by atoms with E-state index in [-0.39, 0.29) is 17.0 Å². The summed E-state index contributed by atoms with van der Waals surface area (Å²) in [5.41, 5.74) is 5.19. The van der Waals surface area contributed by atoms with Crippen molar-refractivity contribution in [2.24, 2.45) is 5.41 Å². The summed E-state index contributed by atoms with van der Waals surface area (Å²) in [6.45, 7) is 6.18. The number of nitrogens with zero attached hydrogens (tertiary/aromatic N) is 2. The van der Waals surface area contributed by atoms with Gasteiger partial charge in [-0.3, -0.25) is 4.79 Å². The first-order valence-corrected chi connectivity index (χ1v) is 10.7. The maximum absolute atomic E-state index is 13.7. The minimum Gasteiger partial charge on any atom is -0.343 e. The molecule has 0 bridgehead atoms. The Bertz CT molecular complexity index is 1220. The zero-order valence-electron chi connectivity index (χ0n) is 17.7. The van der Waals surface area contributed by atoms with Crippen LogP contribution in [0.1, 0.15) is 44.0 Å². The van der Waals surface area contributed by atoms with Crippen LogP contribution in [0.5, 0.6) is 0 Å². The zero-order chi connectivity index (χ0) is 21.9. The van der Waals surface area contributed by atoms with Crippen molar-refractivity contribution in [3.8, 4) is 11.1 Å². The van der Waals surface area contributed by atoms with Crippen LogP contribution in [0.15, 0.2) is 59.8 Å². The summed E-state index contributed by atoms with van der Waals surface area (Å²) in [5.74, 6) is 0.653. The largest absolute Gasteiger partial charge is 0.343 e.